The highest BCUT2D eigenvalue weighted by Gasteiger charge is 2.12. The van der Waals surface area contributed by atoms with Crippen LogP contribution in [-0.4, -0.2) is 26.4 Å². The van der Waals surface area contributed by atoms with Gasteiger partial charge in [0.15, 0.2) is 5.78 Å². The van der Waals surface area contributed by atoms with E-state index < -0.39 is 0 Å². The van der Waals surface area contributed by atoms with Crippen LogP contribution in [0.15, 0.2) is 17.6 Å². The number of aromatic nitrogens is 3. The second-order valence-electron chi connectivity index (χ2n) is 2.93. The fraction of sp³-hybridized carbons (Fsp3) is 0.222. The lowest BCUT2D eigenvalue weighted by atomic mass is 10.3. The molecule has 0 unspecified atom stereocenters. The Morgan fingerprint density at radius 1 is 1.67 bits per heavy atom. The van der Waals surface area contributed by atoms with E-state index in [1.807, 2.05) is 13.1 Å². The number of nitrogens with zero attached hydrogens (tertiary/aromatic N) is 3. The maximum Gasteiger partial charge on any atom is 0.196 e. The average molecular weight is 242 g/mol. The highest BCUT2D eigenvalue weighted by atomic mass is 35.5. The Kier molecular flexibility index (Phi) is 2.83. The fourth-order valence-electron chi connectivity index (χ4n) is 1.17. The molecular formula is C9H8ClN3OS. The summed E-state index contributed by atoms with van der Waals surface area (Å²) in [4.78, 5) is 15.5. The van der Waals surface area contributed by atoms with Crippen molar-refractivity contribution < 1.29 is 4.79 Å². The van der Waals surface area contributed by atoms with E-state index in [1.165, 1.54) is 11.3 Å². The second kappa shape index (κ2) is 4.12. The molecule has 2 aromatic heterocycles. The first-order chi connectivity index (χ1) is 7.22. The number of alkyl halides is 1. The number of halogens is 1. The van der Waals surface area contributed by atoms with Crippen molar-refractivity contribution in [2.24, 2.45) is 7.05 Å². The summed E-state index contributed by atoms with van der Waals surface area (Å²) in [6.07, 6.45) is 1.69. The van der Waals surface area contributed by atoms with Crippen LogP contribution in [0.5, 0.6) is 0 Å². The number of carbonyl (C=O) groups excluding carboxylic acids is 1. The third kappa shape index (κ3) is 1.93. The summed E-state index contributed by atoms with van der Waals surface area (Å²) in [5.41, 5.74) is 1.32. The Morgan fingerprint density at radius 3 is 3.07 bits per heavy atom. The molecular weight excluding hydrogens is 234 g/mol. The molecule has 0 aliphatic carbocycles. The molecule has 15 heavy (non-hydrogen) atoms. The smallest absolute Gasteiger partial charge is 0.196 e. The molecule has 0 aromatic carbocycles. The van der Waals surface area contributed by atoms with E-state index in [-0.39, 0.29) is 11.7 Å². The number of rotatable bonds is 3. The number of Topliss-reactive ketones (excluding diaryl/α,β-unsaturated/α-hetero) is 1. The van der Waals surface area contributed by atoms with Crippen LogP contribution in [0.25, 0.3) is 10.7 Å². The summed E-state index contributed by atoms with van der Waals surface area (Å²) >= 11 is 6.86. The Labute approximate surface area is 95.5 Å². The number of ketones is 1. The van der Waals surface area contributed by atoms with Crippen LogP contribution in [0.4, 0.5) is 0 Å². The average Bonchev–Trinajstić information content (AvgIpc) is 2.84. The van der Waals surface area contributed by atoms with Crippen LogP contribution >= 0.6 is 22.9 Å². The minimum atomic E-state index is -0.152. The summed E-state index contributed by atoms with van der Waals surface area (Å²) in [6, 6.07) is 1.85. The van der Waals surface area contributed by atoms with Gasteiger partial charge < -0.3 is 0 Å². The van der Waals surface area contributed by atoms with Gasteiger partial charge >= 0.3 is 0 Å². The summed E-state index contributed by atoms with van der Waals surface area (Å²) in [5, 5.41) is 6.54. The van der Waals surface area contributed by atoms with E-state index in [4.69, 9.17) is 11.6 Å². The van der Waals surface area contributed by atoms with Crippen molar-refractivity contribution in [1.29, 1.82) is 0 Å². The zero-order valence-corrected chi connectivity index (χ0v) is 9.55. The molecule has 0 saturated heterocycles. The number of carbonyl (C=O) groups is 1. The highest BCUT2D eigenvalue weighted by Crippen LogP contribution is 2.22. The van der Waals surface area contributed by atoms with Gasteiger partial charge in [-0.2, -0.15) is 5.10 Å². The van der Waals surface area contributed by atoms with Crippen molar-refractivity contribution in [2.75, 3.05) is 5.88 Å². The van der Waals surface area contributed by atoms with Gasteiger partial charge in [0.1, 0.15) is 10.7 Å². The van der Waals surface area contributed by atoms with Gasteiger partial charge in [-0.05, 0) is 6.07 Å². The van der Waals surface area contributed by atoms with E-state index in [2.05, 4.69) is 10.1 Å². The molecule has 0 aliphatic heterocycles. The zero-order valence-electron chi connectivity index (χ0n) is 7.98. The SMILES string of the molecule is Cn1nccc1-c1nc(C(=O)CCl)cs1. The lowest BCUT2D eigenvalue weighted by Gasteiger charge is -1.95. The molecule has 0 bridgehead atoms. The lowest BCUT2D eigenvalue weighted by Crippen LogP contribution is -2.00. The third-order valence-corrected chi connectivity index (χ3v) is 3.06. The molecule has 0 radical (unpaired) electrons. The van der Waals surface area contributed by atoms with Crippen LogP contribution in [0.1, 0.15) is 10.5 Å². The molecule has 0 spiro atoms. The largest absolute Gasteiger partial charge is 0.291 e. The summed E-state index contributed by atoms with van der Waals surface area (Å²) in [7, 11) is 1.83. The first kappa shape index (κ1) is 10.3. The molecule has 0 N–H and O–H groups in total. The van der Waals surface area contributed by atoms with E-state index in [0.29, 0.717) is 5.69 Å². The maximum absolute atomic E-state index is 11.3. The van der Waals surface area contributed by atoms with E-state index >= 15 is 0 Å². The minimum Gasteiger partial charge on any atom is -0.291 e. The molecule has 6 heteroatoms. The monoisotopic (exact) mass is 241 g/mol. The van der Waals surface area contributed by atoms with Gasteiger partial charge in [-0.3, -0.25) is 9.48 Å². The molecule has 2 aromatic rings. The van der Waals surface area contributed by atoms with Crippen molar-refractivity contribution in [3.05, 3.63) is 23.3 Å². The first-order valence-electron chi connectivity index (χ1n) is 4.25. The molecule has 0 atom stereocenters. The van der Waals surface area contributed by atoms with Gasteiger partial charge in [0.2, 0.25) is 0 Å². The number of hydrogen-bond donors (Lipinski definition) is 0. The van der Waals surface area contributed by atoms with Crippen LogP contribution in [0.3, 0.4) is 0 Å². The Balaban J connectivity index is 2.36. The topological polar surface area (TPSA) is 47.8 Å². The van der Waals surface area contributed by atoms with Crippen molar-refractivity contribution in [3.63, 3.8) is 0 Å². The molecule has 0 aliphatic rings. The van der Waals surface area contributed by atoms with E-state index in [9.17, 15) is 4.79 Å². The van der Waals surface area contributed by atoms with E-state index in [0.717, 1.165) is 10.7 Å². The molecule has 2 heterocycles. The molecule has 78 valence electrons. The third-order valence-electron chi connectivity index (χ3n) is 1.95. The molecule has 4 nitrogen and oxygen atoms in total. The molecule has 0 amide bonds. The van der Waals surface area contributed by atoms with Crippen LogP contribution in [0.2, 0.25) is 0 Å². The van der Waals surface area contributed by atoms with Gasteiger partial charge in [-0.1, -0.05) is 0 Å². The van der Waals surface area contributed by atoms with Crippen molar-refractivity contribution in [1.82, 2.24) is 14.8 Å². The predicted octanol–water partition coefficient (Wildman–Crippen LogP) is 1.97. The second-order valence-corrected chi connectivity index (χ2v) is 4.06. The van der Waals surface area contributed by atoms with Gasteiger partial charge in [0.05, 0.1) is 11.6 Å². The lowest BCUT2D eigenvalue weighted by molar-refractivity contribution is 0.101. The molecule has 2 rings (SSSR count). The Hall–Kier alpha value is -1.20. The molecule has 0 fully saturated rings. The van der Waals surface area contributed by atoms with Gasteiger partial charge in [-0.25, -0.2) is 4.98 Å². The quantitative estimate of drug-likeness (QED) is 0.610. The van der Waals surface area contributed by atoms with Gasteiger partial charge in [-0.15, -0.1) is 22.9 Å². The van der Waals surface area contributed by atoms with Crippen molar-refractivity contribution in [2.45, 2.75) is 0 Å². The van der Waals surface area contributed by atoms with Gasteiger partial charge in [0.25, 0.3) is 0 Å². The zero-order chi connectivity index (χ0) is 10.8. The first-order valence-corrected chi connectivity index (χ1v) is 5.67. The number of aryl methyl sites for hydroxylation is 1. The highest BCUT2D eigenvalue weighted by molar-refractivity contribution is 7.13. The normalized spacial score (nSPS) is 10.5. The van der Waals surface area contributed by atoms with Crippen LogP contribution in [0, 0.1) is 0 Å². The Bertz CT molecular complexity index is 491. The number of thiazole rings is 1. The minimum absolute atomic E-state index is 0.0332. The fourth-order valence-corrected chi connectivity index (χ4v) is 2.19. The summed E-state index contributed by atoms with van der Waals surface area (Å²) in [6.45, 7) is 0. The predicted molar refractivity (Wildman–Crippen MR) is 59.4 cm³/mol. The van der Waals surface area contributed by atoms with Gasteiger partial charge in [0, 0.05) is 18.6 Å². The maximum atomic E-state index is 11.3. The molecule has 0 saturated carbocycles. The summed E-state index contributed by atoms with van der Waals surface area (Å²) in [5.74, 6) is -0.185. The number of hydrogen-bond acceptors (Lipinski definition) is 4. The standard InChI is InChI=1S/C9H8ClN3OS/c1-13-7(2-3-11-13)9-12-6(5-15-9)8(14)4-10/h2-3,5H,4H2,1H3. The van der Waals surface area contributed by atoms with Crippen molar-refractivity contribution >= 4 is 28.7 Å². The van der Waals surface area contributed by atoms with Crippen molar-refractivity contribution in [3.8, 4) is 10.7 Å². The van der Waals surface area contributed by atoms with Crippen LogP contribution in [-0.2, 0) is 7.05 Å². The summed E-state index contributed by atoms with van der Waals surface area (Å²) < 4.78 is 1.72. The Morgan fingerprint density at radius 2 is 2.47 bits per heavy atom. The van der Waals surface area contributed by atoms with Crippen LogP contribution < -0.4 is 0 Å². The van der Waals surface area contributed by atoms with E-state index in [1.54, 1.807) is 16.3 Å².